The highest BCUT2D eigenvalue weighted by atomic mass is 35.5. The van der Waals surface area contributed by atoms with E-state index in [2.05, 4.69) is 15.3 Å². The first-order chi connectivity index (χ1) is 12.8. The van der Waals surface area contributed by atoms with Crippen molar-refractivity contribution in [1.29, 1.82) is 0 Å². The number of benzene rings is 1. The van der Waals surface area contributed by atoms with E-state index in [1.807, 2.05) is 13.8 Å². The summed E-state index contributed by atoms with van der Waals surface area (Å²) < 4.78 is 8.67. The number of imidazole rings is 1. The van der Waals surface area contributed by atoms with Crippen molar-refractivity contribution in [2.45, 2.75) is 20.4 Å². The van der Waals surface area contributed by atoms with E-state index < -0.39 is 0 Å². The van der Waals surface area contributed by atoms with Crippen LogP contribution in [0.1, 0.15) is 11.1 Å². The second-order valence-electron chi connectivity index (χ2n) is 6.41. The van der Waals surface area contributed by atoms with E-state index in [9.17, 15) is 9.59 Å². The number of halogens is 1. The van der Waals surface area contributed by atoms with Crippen LogP contribution in [-0.2, 0) is 18.4 Å². The van der Waals surface area contributed by atoms with Crippen molar-refractivity contribution >= 4 is 45.8 Å². The number of oxazole rings is 1. The van der Waals surface area contributed by atoms with E-state index in [1.54, 1.807) is 23.7 Å². The molecule has 0 atom stereocenters. The van der Waals surface area contributed by atoms with E-state index in [0.717, 1.165) is 16.6 Å². The number of hydrogen-bond donors (Lipinski definition) is 1. The zero-order valence-corrected chi connectivity index (χ0v) is 15.7. The van der Waals surface area contributed by atoms with E-state index in [4.69, 9.17) is 16.0 Å². The zero-order valence-electron chi connectivity index (χ0n) is 14.9. The van der Waals surface area contributed by atoms with Crippen molar-refractivity contribution in [2.75, 3.05) is 5.32 Å². The highest BCUT2D eigenvalue weighted by molar-refractivity contribution is 6.32. The molecule has 138 valence electrons. The third-order valence-electron chi connectivity index (χ3n) is 4.41. The number of anilines is 1. The Balaban J connectivity index is 1.61. The molecule has 4 rings (SSSR count). The van der Waals surface area contributed by atoms with Crippen LogP contribution >= 0.6 is 11.6 Å². The van der Waals surface area contributed by atoms with Crippen LogP contribution in [0.25, 0.3) is 22.3 Å². The average molecular weight is 386 g/mol. The molecule has 0 saturated carbocycles. The number of carbonyl (C=O) groups is 1. The Morgan fingerprint density at radius 3 is 2.81 bits per heavy atom. The van der Waals surface area contributed by atoms with Gasteiger partial charge in [-0.15, -0.1) is 0 Å². The van der Waals surface area contributed by atoms with Crippen molar-refractivity contribution in [2.24, 2.45) is 7.05 Å². The van der Waals surface area contributed by atoms with Gasteiger partial charge in [-0.25, -0.2) is 4.98 Å². The van der Waals surface area contributed by atoms with Gasteiger partial charge in [0.2, 0.25) is 5.91 Å². The first-order valence-electron chi connectivity index (χ1n) is 8.21. The highest BCUT2D eigenvalue weighted by Crippen LogP contribution is 2.25. The number of hydrogen-bond acceptors (Lipinski definition) is 5. The van der Waals surface area contributed by atoms with Gasteiger partial charge >= 0.3 is 6.01 Å². The molecule has 0 unspecified atom stereocenters. The minimum atomic E-state index is -0.322. The molecule has 1 N–H and O–H groups in total. The van der Waals surface area contributed by atoms with Crippen LogP contribution in [0.5, 0.6) is 0 Å². The fraction of sp³-hybridized carbons (Fsp3) is 0.222. The number of pyridine rings is 1. The molecule has 0 aliphatic heterocycles. The molecule has 0 aliphatic carbocycles. The third kappa shape index (κ3) is 2.97. The molecular formula is C18H16ClN5O3. The SMILES string of the molecule is Cc1cc2nc(NC(=O)Cn3cnc4c3c(C)cc(=O)n4C)oc2cc1Cl. The minimum Gasteiger partial charge on any atom is -0.423 e. The second kappa shape index (κ2) is 6.24. The summed E-state index contributed by atoms with van der Waals surface area (Å²) in [6.07, 6.45) is 1.53. The van der Waals surface area contributed by atoms with Gasteiger partial charge < -0.3 is 8.98 Å². The number of nitrogens with zero attached hydrogens (tertiary/aromatic N) is 4. The molecule has 0 radical (unpaired) electrons. The largest absolute Gasteiger partial charge is 0.423 e. The fourth-order valence-electron chi connectivity index (χ4n) is 3.02. The van der Waals surface area contributed by atoms with Crippen LogP contribution in [0, 0.1) is 13.8 Å². The molecule has 0 bridgehead atoms. The summed E-state index contributed by atoms with van der Waals surface area (Å²) in [5.41, 5.74) is 3.86. The predicted molar refractivity (Wildman–Crippen MR) is 102 cm³/mol. The number of nitrogens with one attached hydrogen (secondary N) is 1. The van der Waals surface area contributed by atoms with Gasteiger partial charge in [0.25, 0.3) is 5.56 Å². The Kier molecular flexibility index (Phi) is 4.00. The average Bonchev–Trinajstić information content (AvgIpc) is 3.17. The van der Waals surface area contributed by atoms with Gasteiger partial charge in [0.15, 0.2) is 11.2 Å². The van der Waals surface area contributed by atoms with E-state index in [-0.39, 0.29) is 24.0 Å². The summed E-state index contributed by atoms with van der Waals surface area (Å²) in [5, 5.41) is 3.21. The van der Waals surface area contributed by atoms with Crippen LogP contribution in [0.2, 0.25) is 5.02 Å². The van der Waals surface area contributed by atoms with Crippen molar-refractivity contribution in [3.05, 3.63) is 51.0 Å². The first kappa shape index (κ1) is 17.3. The summed E-state index contributed by atoms with van der Waals surface area (Å²) in [4.78, 5) is 32.8. The molecule has 0 aliphatic rings. The lowest BCUT2D eigenvalue weighted by Gasteiger charge is -2.07. The lowest BCUT2D eigenvalue weighted by molar-refractivity contribution is -0.116. The van der Waals surface area contributed by atoms with Gasteiger partial charge in [-0.3, -0.25) is 19.5 Å². The monoisotopic (exact) mass is 385 g/mol. The standard InChI is InChI=1S/C18H16ClN5O3/c1-9-4-12-13(6-11(9)19)27-18(21-12)22-14(25)7-24-8-20-17-16(24)10(2)5-15(26)23(17)3/h4-6,8H,7H2,1-3H3,(H,21,22,25). The van der Waals surface area contributed by atoms with Crippen LogP contribution in [-0.4, -0.2) is 25.0 Å². The quantitative estimate of drug-likeness (QED) is 0.585. The number of carbonyl (C=O) groups excluding carboxylic acids is 1. The Morgan fingerprint density at radius 1 is 1.26 bits per heavy atom. The fourth-order valence-corrected chi connectivity index (χ4v) is 3.17. The van der Waals surface area contributed by atoms with Crippen LogP contribution in [0.3, 0.4) is 0 Å². The number of rotatable bonds is 3. The maximum absolute atomic E-state index is 12.4. The molecule has 4 aromatic rings. The number of amides is 1. The summed E-state index contributed by atoms with van der Waals surface area (Å²) in [6, 6.07) is 5.09. The summed E-state index contributed by atoms with van der Waals surface area (Å²) in [5.74, 6) is -0.322. The van der Waals surface area contributed by atoms with Crippen molar-refractivity contribution in [1.82, 2.24) is 19.1 Å². The summed E-state index contributed by atoms with van der Waals surface area (Å²) in [6.45, 7) is 3.69. The molecule has 8 nitrogen and oxygen atoms in total. The van der Waals surface area contributed by atoms with E-state index in [0.29, 0.717) is 21.8 Å². The maximum atomic E-state index is 12.4. The van der Waals surface area contributed by atoms with Gasteiger partial charge in [-0.2, -0.15) is 4.98 Å². The number of aromatic nitrogens is 4. The molecular weight excluding hydrogens is 370 g/mol. The lowest BCUT2D eigenvalue weighted by atomic mass is 10.2. The Bertz CT molecular complexity index is 1230. The number of fused-ring (bicyclic) bond motifs is 2. The van der Waals surface area contributed by atoms with Crippen LogP contribution < -0.4 is 10.9 Å². The van der Waals surface area contributed by atoms with Gasteiger partial charge in [0.05, 0.1) is 11.8 Å². The van der Waals surface area contributed by atoms with Crippen molar-refractivity contribution < 1.29 is 9.21 Å². The predicted octanol–water partition coefficient (Wildman–Crippen LogP) is 2.79. The molecule has 1 aromatic carbocycles. The molecule has 0 saturated heterocycles. The molecule has 3 aromatic heterocycles. The summed E-state index contributed by atoms with van der Waals surface area (Å²) in [7, 11) is 1.65. The van der Waals surface area contributed by atoms with Gasteiger partial charge in [-0.05, 0) is 31.0 Å². The number of aryl methyl sites for hydroxylation is 3. The third-order valence-corrected chi connectivity index (χ3v) is 4.82. The second-order valence-corrected chi connectivity index (χ2v) is 6.81. The van der Waals surface area contributed by atoms with Gasteiger partial charge in [-0.1, -0.05) is 11.6 Å². The molecule has 9 heteroatoms. The van der Waals surface area contributed by atoms with E-state index >= 15 is 0 Å². The van der Waals surface area contributed by atoms with E-state index in [1.165, 1.54) is 17.0 Å². The smallest absolute Gasteiger partial charge is 0.302 e. The first-order valence-corrected chi connectivity index (χ1v) is 8.59. The maximum Gasteiger partial charge on any atom is 0.302 e. The molecule has 27 heavy (non-hydrogen) atoms. The van der Waals surface area contributed by atoms with Crippen LogP contribution in [0.4, 0.5) is 6.01 Å². The molecule has 1 amide bonds. The topological polar surface area (TPSA) is 95.0 Å². The molecule has 3 heterocycles. The molecule has 0 spiro atoms. The zero-order chi connectivity index (χ0) is 19.3. The van der Waals surface area contributed by atoms with Crippen molar-refractivity contribution in [3.63, 3.8) is 0 Å². The Morgan fingerprint density at radius 2 is 2.04 bits per heavy atom. The van der Waals surface area contributed by atoms with Crippen LogP contribution in [0.15, 0.2) is 33.7 Å². The van der Waals surface area contributed by atoms with Gasteiger partial charge in [0, 0.05) is 24.2 Å². The lowest BCUT2D eigenvalue weighted by Crippen LogP contribution is -2.20. The minimum absolute atomic E-state index is 0.00799. The Labute approximate surface area is 158 Å². The summed E-state index contributed by atoms with van der Waals surface area (Å²) >= 11 is 6.08. The Hall–Kier alpha value is -3.13. The van der Waals surface area contributed by atoms with Crippen molar-refractivity contribution in [3.8, 4) is 0 Å². The highest BCUT2D eigenvalue weighted by Gasteiger charge is 2.15. The normalized spacial score (nSPS) is 11.4. The molecule has 0 fully saturated rings. The van der Waals surface area contributed by atoms with Gasteiger partial charge in [0.1, 0.15) is 12.1 Å².